The molecule has 0 aliphatic carbocycles. The smallest absolute Gasteiger partial charge is 0.306 e. The van der Waals surface area contributed by atoms with E-state index in [1.54, 1.807) is 0 Å². The molecule has 0 aromatic carbocycles. The largest absolute Gasteiger partial charge is 0.756 e. The molecule has 0 fully saturated rings. The maximum atomic E-state index is 12.7. The fourth-order valence-electron chi connectivity index (χ4n) is 6.93. The van der Waals surface area contributed by atoms with Crippen LogP contribution in [0.4, 0.5) is 0 Å². The number of hydrogen-bond donors (Lipinski definition) is 0. The van der Waals surface area contributed by atoms with Gasteiger partial charge in [-0.15, -0.1) is 0 Å². The highest BCUT2D eigenvalue weighted by atomic mass is 31.2. The van der Waals surface area contributed by atoms with Gasteiger partial charge >= 0.3 is 11.9 Å². The van der Waals surface area contributed by atoms with E-state index < -0.39 is 26.5 Å². The summed E-state index contributed by atoms with van der Waals surface area (Å²) in [5.41, 5.74) is 0. The molecule has 0 rings (SSSR count). The van der Waals surface area contributed by atoms with Gasteiger partial charge in [0.15, 0.2) is 6.10 Å². The zero-order chi connectivity index (χ0) is 42.8. The molecule has 9 nitrogen and oxygen atoms in total. The van der Waals surface area contributed by atoms with Crippen LogP contribution in [0.15, 0.2) is 12.2 Å². The first-order valence-corrected chi connectivity index (χ1v) is 25.9. The van der Waals surface area contributed by atoms with Crippen molar-refractivity contribution < 1.29 is 42.1 Å². The van der Waals surface area contributed by atoms with Crippen LogP contribution in [0, 0.1) is 0 Å². The molecule has 0 amide bonds. The molecule has 0 aliphatic heterocycles. The van der Waals surface area contributed by atoms with E-state index >= 15 is 0 Å². The van der Waals surface area contributed by atoms with Gasteiger partial charge in [-0.05, 0) is 32.1 Å². The number of likely N-dealkylation sites (N-methyl/N-ethyl adjacent to an activating group) is 1. The molecule has 0 saturated heterocycles. The molecule has 2 atom stereocenters. The SMILES string of the molecule is CCCC/C=C\CCCCCCCCCCCC(=O)O[C@H](COC(=O)CCCCCCCCCCCCCCCCCCCCC)COP(=O)([O-])OCC[N+](C)(C)C. The van der Waals surface area contributed by atoms with Crippen molar-refractivity contribution in [3.8, 4) is 0 Å². The monoisotopic (exact) mass is 844 g/mol. The molecule has 58 heavy (non-hydrogen) atoms. The van der Waals surface area contributed by atoms with Crippen molar-refractivity contribution in [2.24, 2.45) is 0 Å². The number of allylic oxidation sites excluding steroid dienone is 2. The van der Waals surface area contributed by atoms with Crippen molar-refractivity contribution in [2.75, 3.05) is 47.5 Å². The van der Waals surface area contributed by atoms with E-state index in [-0.39, 0.29) is 32.0 Å². The van der Waals surface area contributed by atoms with E-state index in [4.69, 9.17) is 18.5 Å². The highest BCUT2D eigenvalue weighted by molar-refractivity contribution is 7.45. The van der Waals surface area contributed by atoms with E-state index in [2.05, 4.69) is 26.0 Å². The van der Waals surface area contributed by atoms with Crippen molar-refractivity contribution in [1.29, 1.82) is 0 Å². The van der Waals surface area contributed by atoms with E-state index in [1.165, 1.54) is 161 Å². The van der Waals surface area contributed by atoms with Gasteiger partial charge < -0.3 is 27.9 Å². The Hall–Kier alpha value is -1.25. The number of carbonyl (C=O) groups excluding carboxylic acids is 2. The van der Waals surface area contributed by atoms with Crippen LogP contribution in [0.5, 0.6) is 0 Å². The molecule has 0 radical (unpaired) electrons. The number of carbonyl (C=O) groups is 2. The topological polar surface area (TPSA) is 111 Å². The number of rotatable bonds is 45. The number of hydrogen-bond acceptors (Lipinski definition) is 8. The first-order chi connectivity index (χ1) is 28.0. The second-order valence-corrected chi connectivity index (χ2v) is 19.2. The summed E-state index contributed by atoms with van der Waals surface area (Å²) in [7, 11) is 1.18. The van der Waals surface area contributed by atoms with Gasteiger partial charge in [-0.1, -0.05) is 199 Å². The van der Waals surface area contributed by atoms with Gasteiger partial charge in [0.05, 0.1) is 27.7 Å². The summed E-state index contributed by atoms with van der Waals surface area (Å²) in [4.78, 5) is 37.6. The Labute approximate surface area is 358 Å². The second-order valence-electron chi connectivity index (χ2n) is 17.8. The summed E-state index contributed by atoms with van der Waals surface area (Å²) in [5, 5.41) is 0. The lowest BCUT2D eigenvalue weighted by Gasteiger charge is -2.28. The third-order valence-corrected chi connectivity index (χ3v) is 11.7. The van der Waals surface area contributed by atoms with Gasteiger partial charge in [0.25, 0.3) is 7.82 Å². The zero-order valence-corrected chi connectivity index (χ0v) is 39.7. The lowest BCUT2D eigenvalue weighted by Crippen LogP contribution is -2.37. The number of nitrogens with zero attached hydrogens (tertiary/aromatic N) is 1. The van der Waals surface area contributed by atoms with E-state index in [0.29, 0.717) is 17.4 Å². The van der Waals surface area contributed by atoms with Crippen molar-refractivity contribution in [3.05, 3.63) is 12.2 Å². The zero-order valence-electron chi connectivity index (χ0n) is 38.8. The Morgan fingerprint density at radius 2 is 0.897 bits per heavy atom. The number of quaternary nitrogens is 1. The minimum Gasteiger partial charge on any atom is -0.756 e. The highest BCUT2D eigenvalue weighted by Gasteiger charge is 2.21. The van der Waals surface area contributed by atoms with Crippen molar-refractivity contribution in [1.82, 2.24) is 0 Å². The molecule has 344 valence electrons. The first-order valence-electron chi connectivity index (χ1n) is 24.4. The number of esters is 2. The maximum absolute atomic E-state index is 12.7. The fourth-order valence-corrected chi connectivity index (χ4v) is 7.66. The average molecular weight is 844 g/mol. The average Bonchev–Trinajstić information content (AvgIpc) is 3.17. The van der Waals surface area contributed by atoms with Crippen LogP contribution in [-0.4, -0.2) is 70.0 Å². The lowest BCUT2D eigenvalue weighted by molar-refractivity contribution is -0.870. The van der Waals surface area contributed by atoms with Gasteiger partial charge in [-0.2, -0.15) is 0 Å². The Kier molecular flexibility index (Phi) is 40.2. The highest BCUT2D eigenvalue weighted by Crippen LogP contribution is 2.38. The summed E-state index contributed by atoms with van der Waals surface area (Å²) >= 11 is 0. The summed E-state index contributed by atoms with van der Waals surface area (Å²) in [6, 6.07) is 0. The van der Waals surface area contributed by atoms with Crippen LogP contribution in [0.2, 0.25) is 0 Å². The predicted molar refractivity (Wildman–Crippen MR) is 241 cm³/mol. The van der Waals surface area contributed by atoms with Crippen LogP contribution in [0.25, 0.3) is 0 Å². The molecule has 0 aromatic rings. The van der Waals surface area contributed by atoms with E-state index in [0.717, 1.165) is 38.5 Å². The minimum absolute atomic E-state index is 0.0278. The van der Waals surface area contributed by atoms with Crippen LogP contribution >= 0.6 is 7.82 Å². The molecular weight excluding hydrogens is 750 g/mol. The molecular formula is C48H94NO8P. The summed E-state index contributed by atoms with van der Waals surface area (Å²) in [5.74, 6) is -0.823. The lowest BCUT2D eigenvalue weighted by atomic mass is 10.0. The van der Waals surface area contributed by atoms with Gasteiger partial charge in [-0.3, -0.25) is 14.2 Å². The maximum Gasteiger partial charge on any atom is 0.306 e. The Bertz CT molecular complexity index is 1000. The standard InChI is InChI=1S/C48H94NO8P/c1-6-8-10-12-14-16-18-20-22-23-24-25-27-28-30-32-34-36-38-40-47(50)54-44-46(45-56-58(52,53)55-43-42-49(3,4)5)57-48(51)41-39-37-35-33-31-29-26-21-19-17-15-13-11-9-7-2/h13,15,46H,6-12,14,16-45H2,1-5H3/b15-13-/t46-/m1/s1. The Balaban J connectivity index is 4.23. The molecule has 10 heteroatoms. The Morgan fingerprint density at radius 1 is 0.517 bits per heavy atom. The first kappa shape index (κ1) is 56.8. The predicted octanol–water partition coefficient (Wildman–Crippen LogP) is 13.5. The van der Waals surface area contributed by atoms with Gasteiger partial charge in [0.1, 0.15) is 19.8 Å². The van der Waals surface area contributed by atoms with Crippen molar-refractivity contribution in [2.45, 2.75) is 238 Å². The van der Waals surface area contributed by atoms with Crippen LogP contribution in [0.3, 0.4) is 0 Å². The number of unbranched alkanes of at least 4 members (excludes halogenated alkanes) is 29. The van der Waals surface area contributed by atoms with E-state index in [1.807, 2.05) is 21.1 Å². The van der Waals surface area contributed by atoms with Gasteiger partial charge in [0, 0.05) is 12.8 Å². The normalized spacial score (nSPS) is 13.6. The summed E-state index contributed by atoms with van der Waals surface area (Å²) in [6.45, 7) is 4.24. The number of phosphoric ester groups is 1. The molecule has 0 N–H and O–H groups in total. The van der Waals surface area contributed by atoms with Crippen LogP contribution in [0.1, 0.15) is 232 Å². The molecule has 0 bridgehead atoms. The third kappa shape index (κ3) is 44.3. The van der Waals surface area contributed by atoms with E-state index in [9.17, 15) is 19.0 Å². The summed E-state index contributed by atoms with van der Waals surface area (Å²) < 4.78 is 34.0. The summed E-state index contributed by atoms with van der Waals surface area (Å²) in [6.07, 6.45) is 43.8. The number of ether oxygens (including phenoxy) is 2. The van der Waals surface area contributed by atoms with Crippen LogP contribution < -0.4 is 4.89 Å². The van der Waals surface area contributed by atoms with Crippen LogP contribution in [-0.2, 0) is 32.7 Å². The minimum atomic E-state index is -4.62. The molecule has 0 aliphatic rings. The Morgan fingerprint density at radius 3 is 1.33 bits per heavy atom. The van der Waals surface area contributed by atoms with Crippen molar-refractivity contribution >= 4 is 19.8 Å². The molecule has 0 spiro atoms. The third-order valence-electron chi connectivity index (χ3n) is 10.8. The fraction of sp³-hybridized carbons (Fsp3) is 0.917. The molecule has 1 unspecified atom stereocenters. The molecule has 0 heterocycles. The van der Waals surface area contributed by atoms with Gasteiger partial charge in [-0.25, -0.2) is 0 Å². The number of phosphoric acid groups is 1. The molecule has 0 aromatic heterocycles. The van der Waals surface area contributed by atoms with Crippen molar-refractivity contribution in [3.63, 3.8) is 0 Å². The van der Waals surface area contributed by atoms with Gasteiger partial charge in [0.2, 0.25) is 0 Å². The quantitative estimate of drug-likeness (QED) is 0.0196. The molecule has 0 saturated carbocycles. The second kappa shape index (κ2) is 41.1.